The molecule has 0 atom stereocenters. The monoisotopic (exact) mass is 432 g/mol. The minimum Gasteiger partial charge on any atom is -0.493 e. The lowest BCUT2D eigenvalue weighted by atomic mass is 10.2. The number of carboxylic acids is 1. The van der Waals surface area contributed by atoms with Crippen LogP contribution in [-0.2, 0) is 4.79 Å². The Balaban J connectivity index is 1.85. The molecule has 1 aromatic heterocycles. The molecule has 0 fully saturated rings. The maximum Gasteiger partial charge on any atom is 0.342 e. The highest BCUT2D eigenvalue weighted by atomic mass is 35.5. The Labute approximate surface area is 176 Å². The first-order valence-corrected chi connectivity index (χ1v) is 9.72. The van der Waals surface area contributed by atoms with Crippen molar-refractivity contribution in [3.05, 3.63) is 58.0 Å². The molecule has 0 radical (unpaired) electrons. The van der Waals surface area contributed by atoms with Crippen LogP contribution in [0.1, 0.15) is 12.5 Å². The van der Waals surface area contributed by atoms with Crippen LogP contribution in [-0.4, -0.2) is 35.0 Å². The molecule has 0 unspecified atom stereocenters. The van der Waals surface area contributed by atoms with Crippen LogP contribution < -0.4 is 9.47 Å². The normalized spacial score (nSPS) is 11.3. The van der Waals surface area contributed by atoms with Crippen LogP contribution in [0.15, 0.2) is 57.0 Å². The smallest absolute Gasteiger partial charge is 0.342 e. The number of carbonyl (C=O) groups is 1. The summed E-state index contributed by atoms with van der Waals surface area (Å²) in [5.41, 5.74) is 1.32. The average molecular weight is 433 g/mol. The van der Waals surface area contributed by atoms with Crippen molar-refractivity contribution in [3.63, 3.8) is 0 Å². The molecule has 29 heavy (non-hydrogen) atoms. The van der Waals surface area contributed by atoms with Crippen molar-refractivity contribution >= 4 is 35.4 Å². The van der Waals surface area contributed by atoms with Gasteiger partial charge in [-0.3, -0.25) is 0 Å². The maximum absolute atomic E-state index is 11.7. The van der Waals surface area contributed by atoms with E-state index in [1.54, 1.807) is 49.6 Å². The Kier molecular flexibility index (Phi) is 6.79. The lowest BCUT2D eigenvalue weighted by Crippen LogP contribution is -1.98. The van der Waals surface area contributed by atoms with Crippen molar-refractivity contribution in [2.45, 2.75) is 12.1 Å². The van der Waals surface area contributed by atoms with E-state index in [9.17, 15) is 9.90 Å². The second-order valence-electron chi connectivity index (χ2n) is 5.64. The Bertz CT molecular complexity index is 1030. The molecule has 0 aliphatic rings. The van der Waals surface area contributed by atoms with E-state index in [1.807, 2.05) is 6.92 Å². The van der Waals surface area contributed by atoms with Gasteiger partial charge in [0.1, 0.15) is 4.91 Å². The zero-order valence-electron chi connectivity index (χ0n) is 15.6. The number of ether oxygens (including phenoxy) is 2. The van der Waals surface area contributed by atoms with Gasteiger partial charge < -0.3 is 19.0 Å². The molecule has 3 aromatic rings. The molecule has 150 valence electrons. The van der Waals surface area contributed by atoms with Crippen molar-refractivity contribution in [2.75, 3.05) is 13.7 Å². The molecule has 0 aliphatic heterocycles. The minimum absolute atomic E-state index is 0.0175. The van der Waals surface area contributed by atoms with Gasteiger partial charge in [-0.1, -0.05) is 17.7 Å². The van der Waals surface area contributed by atoms with E-state index in [1.165, 1.54) is 6.08 Å². The molecule has 9 heteroatoms. The number of aromatic nitrogens is 2. The third-order valence-electron chi connectivity index (χ3n) is 3.69. The lowest BCUT2D eigenvalue weighted by Gasteiger charge is -2.10. The largest absolute Gasteiger partial charge is 0.493 e. The summed E-state index contributed by atoms with van der Waals surface area (Å²) >= 11 is 6.74. The van der Waals surface area contributed by atoms with Crippen LogP contribution >= 0.6 is 23.4 Å². The van der Waals surface area contributed by atoms with E-state index in [0.29, 0.717) is 34.3 Å². The van der Waals surface area contributed by atoms with E-state index in [4.69, 9.17) is 25.5 Å². The van der Waals surface area contributed by atoms with Crippen LogP contribution in [0.2, 0.25) is 5.02 Å². The average Bonchev–Trinajstić information content (AvgIpc) is 3.17. The number of thioether (sulfide) groups is 1. The zero-order chi connectivity index (χ0) is 20.8. The maximum atomic E-state index is 11.7. The fraction of sp³-hybridized carbons (Fsp3) is 0.150. The molecular formula is C20H17ClN2O5S. The highest BCUT2D eigenvalue weighted by Crippen LogP contribution is 2.33. The first-order chi connectivity index (χ1) is 14.0. The van der Waals surface area contributed by atoms with Gasteiger partial charge in [0, 0.05) is 10.6 Å². The molecule has 0 saturated carbocycles. The fourth-order valence-electron chi connectivity index (χ4n) is 2.39. The number of rotatable bonds is 8. The summed E-state index contributed by atoms with van der Waals surface area (Å²) in [5.74, 6) is 0.256. The quantitative estimate of drug-likeness (QED) is 0.392. The van der Waals surface area contributed by atoms with Crippen molar-refractivity contribution in [1.29, 1.82) is 0 Å². The topological polar surface area (TPSA) is 94.7 Å². The number of aliphatic carboxylic acids is 1. The molecule has 3 rings (SSSR count). The number of carboxylic acid groups (broad SMARTS) is 1. The summed E-state index contributed by atoms with van der Waals surface area (Å²) in [7, 11) is 1.54. The molecular weight excluding hydrogens is 416 g/mol. The van der Waals surface area contributed by atoms with Gasteiger partial charge in [0.2, 0.25) is 5.89 Å². The number of hydrogen-bond acceptors (Lipinski definition) is 7. The molecule has 0 bridgehead atoms. The predicted molar refractivity (Wildman–Crippen MR) is 110 cm³/mol. The second-order valence-corrected chi connectivity index (χ2v) is 7.07. The summed E-state index contributed by atoms with van der Waals surface area (Å²) in [6.45, 7) is 2.31. The molecule has 0 amide bonds. The predicted octanol–water partition coefficient (Wildman–Crippen LogP) is 5.02. The summed E-state index contributed by atoms with van der Waals surface area (Å²) in [4.78, 5) is 11.7. The van der Waals surface area contributed by atoms with Gasteiger partial charge >= 0.3 is 5.97 Å². The summed E-state index contributed by atoms with van der Waals surface area (Å²) in [6.07, 6.45) is 1.50. The van der Waals surface area contributed by atoms with Crippen LogP contribution in [0.5, 0.6) is 11.5 Å². The summed E-state index contributed by atoms with van der Waals surface area (Å²) in [6, 6.07) is 12.0. The van der Waals surface area contributed by atoms with Gasteiger partial charge in [-0.25, -0.2) is 4.79 Å². The van der Waals surface area contributed by atoms with Gasteiger partial charge in [0.05, 0.1) is 13.7 Å². The Morgan fingerprint density at radius 3 is 2.62 bits per heavy atom. The second kappa shape index (κ2) is 9.49. The third-order valence-corrected chi connectivity index (χ3v) is 4.79. The van der Waals surface area contributed by atoms with E-state index < -0.39 is 5.97 Å². The standard InChI is InChI=1S/C20H17ClN2O5S/c1-3-27-16-10-12(4-9-15(16)26-2)11-17(19(24)25)29-20-23-22-18(28-20)13-5-7-14(21)8-6-13/h4-11H,3H2,1-2H3,(H,24,25)/b17-11-. The van der Waals surface area contributed by atoms with Crippen LogP contribution in [0.4, 0.5) is 0 Å². The number of hydrogen-bond donors (Lipinski definition) is 1. The van der Waals surface area contributed by atoms with Crippen molar-refractivity contribution in [2.24, 2.45) is 0 Å². The Hall–Kier alpha value is -2.97. The summed E-state index contributed by atoms with van der Waals surface area (Å²) in [5, 5.41) is 18.2. The van der Waals surface area contributed by atoms with Crippen LogP contribution in [0.3, 0.4) is 0 Å². The Morgan fingerprint density at radius 1 is 1.21 bits per heavy atom. The van der Waals surface area contributed by atoms with Crippen molar-refractivity contribution in [1.82, 2.24) is 10.2 Å². The van der Waals surface area contributed by atoms with Crippen LogP contribution in [0.25, 0.3) is 17.5 Å². The molecule has 1 N–H and O–H groups in total. The van der Waals surface area contributed by atoms with Gasteiger partial charge in [0.25, 0.3) is 5.22 Å². The molecule has 7 nitrogen and oxygen atoms in total. The molecule has 0 spiro atoms. The molecule has 1 heterocycles. The van der Waals surface area contributed by atoms with E-state index in [0.717, 1.165) is 11.8 Å². The van der Waals surface area contributed by atoms with E-state index in [2.05, 4.69) is 10.2 Å². The van der Waals surface area contributed by atoms with Gasteiger partial charge in [0.15, 0.2) is 11.5 Å². The molecule has 0 aliphatic carbocycles. The van der Waals surface area contributed by atoms with Gasteiger partial charge in [-0.05, 0) is 66.7 Å². The number of benzene rings is 2. The molecule has 0 saturated heterocycles. The highest BCUT2D eigenvalue weighted by Gasteiger charge is 2.16. The number of halogens is 1. The van der Waals surface area contributed by atoms with Crippen molar-refractivity contribution < 1.29 is 23.8 Å². The fourth-order valence-corrected chi connectivity index (χ4v) is 3.19. The number of methoxy groups -OCH3 is 1. The Morgan fingerprint density at radius 2 is 1.97 bits per heavy atom. The van der Waals surface area contributed by atoms with Crippen molar-refractivity contribution in [3.8, 4) is 23.0 Å². The summed E-state index contributed by atoms with van der Waals surface area (Å²) < 4.78 is 16.4. The minimum atomic E-state index is -1.12. The first-order valence-electron chi connectivity index (χ1n) is 8.53. The first kappa shape index (κ1) is 20.8. The highest BCUT2D eigenvalue weighted by molar-refractivity contribution is 8.03. The zero-order valence-corrected chi connectivity index (χ0v) is 17.2. The SMILES string of the molecule is CCOc1cc(/C=C(\Sc2nnc(-c3ccc(Cl)cc3)o2)C(=O)O)ccc1OC. The molecule has 2 aromatic carbocycles. The number of nitrogens with zero attached hydrogens (tertiary/aromatic N) is 2. The van der Waals surface area contributed by atoms with Crippen LogP contribution in [0, 0.1) is 0 Å². The van der Waals surface area contributed by atoms with Gasteiger partial charge in [-0.2, -0.15) is 0 Å². The van der Waals surface area contributed by atoms with E-state index in [-0.39, 0.29) is 16.0 Å². The van der Waals surface area contributed by atoms with Gasteiger partial charge in [-0.15, -0.1) is 10.2 Å². The van der Waals surface area contributed by atoms with E-state index >= 15 is 0 Å². The lowest BCUT2D eigenvalue weighted by molar-refractivity contribution is -0.131. The third kappa shape index (κ3) is 5.30.